The van der Waals surface area contributed by atoms with E-state index >= 15 is 0 Å². The summed E-state index contributed by atoms with van der Waals surface area (Å²) in [7, 11) is 0. The van der Waals surface area contributed by atoms with Crippen LogP contribution in [-0.2, 0) is 4.74 Å². The molecule has 0 radical (unpaired) electrons. The molecule has 108 valence electrons. The summed E-state index contributed by atoms with van der Waals surface area (Å²) in [5.41, 5.74) is 1.70. The Morgan fingerprint density at radius 2 is 2.23 bits per heavy atom. The predicted molar refractivity (Wildman–Crippen MR) is 81.9 cm³/mol. The molecule has 5 heteroatoms. The molecule has 0 aliphatic carbocycles. The Morgan fingerprint density at radius 3 is 3.00 bits per heavy atom. The molecule has 1 aromatic carbocycles. The normalized spacial score (nSPS) is 11.8. The molecule has 3 rings (SSSR count). The number of ether oxygens (including phenoxy) is 1. The van der Waals surface area contributed by atoms with Gasteiger partial charge in [-0.2, -0.15) is 5.10 Å². The van der Waals surface area contributed by atoms with E-state index < -0.39 is 12.1 Å². The van der Waals surface area contributed by atoms with E-state index in [1.807, 2.05) is 12.1 Å². The van der Waals surface area contributed by atoms with Crippen LogP contribution in [0, 0.1) is 12.3 Å². The first kappa shape index (κ1) is 13.8. The minimum Gasteiger partial charge on any atom is -0.451 e. The van der Waals surface area contributed by atoms with E-state index in [-0.39, 0.29) is 6.42 Å². The second-order valence-electron chi connectivity index (χ2n) is 4.70. The van der Waals surface area contributed by atoms with Gasteiger partial charge < -0.3 is 4.74 Å². The Hall–Kier alpha value is -3.13. The Kier molecular flexibility index (Phi) is 3.84. The van der Waals surface area contributed by atoms with E-state index in [0.717, 1.165) is 5.39 Å². The minimum atomic E-state index is -0.572. The molecule has 0 bridgehead atoms. The summed E-state index contributed by atoms with van der Waals surface area (Å²) in [6, 6.07) is 10.7. The number of rotatable bonds is 4. The van der Waals surface area contributed by atoms with Crippen molar-refractivity contribution >= 4 is 16.9 Å². The molecule has 0 fully saturated rings. The topological polar surface area (TPSA) is 67.9 Å². The lowest BCUT2D eigenvalue weighted by Gasteiger charge is -2.15. The van der Waals surface area contributed by atoms with Crippen molar-refractivity contribution in [1.29, 1.82) is 0 Å². The summed E-state index contributed by atoms with van der Waals surface area (Å²) in [6.45, 7) is 0. The molecule has 3 aromatic rings. The Bertz CT molecular complexity index is 834. The van der Waals surface area contributed by atoms with Crippen molar-refractivity contribution in [3.8, 4) is 12.3 Å². The molecule has 2 aromatic heterocycles. The first-order chi connectivity index (χ1) is 10.8. The van der Waals surface area contributed by atoms with Gasteiger partial charge in [0.2, 0.25) is 0 Å². The number of pyridine rings is 1. The number of carbonyl (C=O) groups is 1. The predicted octanol–water partition coefficient (Wildman–Crippen LogP) is 2.88. The van der Waals surface area contributed by atoms with Crippen molar-refractivity contribution in [1.82, 2.24) is 15.2 Å². The van der Waals surface area contributed by atoms with Crippen LogP contribution in [0.3, 0.4) is 0 Å². The van der Waals surface area contributed by atoms with Gasteiger partial charge >= 0.3 is 5.97 Å². The molecule has 22 heavy (non-hydrogen) atoms. The number of esters is 1. The Balaban J connectivity index is 1.89. The molecule has 0 amide bonds. The van der Waals surface area contributed by atoms with Crippen molar-refractivity contribution in [2.45, 2.75) is 12.5 Å². The zero-order valence-corrected chi connectivity index (χ0v) is 11.7. The van der Waals surface area contributed by atoms with Crippen molar-refractivity contribution < 1.29 is 9.53 Å². The van der Waals surface area contributed by atoms with E-state index in [1.54, 1.807) is 36.7 Å². The third kappa shape index (κ3) is 2.67. The highest BCUT2D eigenvalue weighted by molar-refractivity contribution is 6.02. The highest BCUT2D eigenvalue weighted by Gasteiger charge is 2.20. The van der Waals surface area contributed by atoms with Crippen LogP contribution in [0.15, 0.2) is 48.8 Å². The largest absolute Gasteiger partial charge is 0.451 e. The van der Waals surface area contributed by atoms with Crippen molar-refractivity contribution in [2.24, 2.45) is 0 Å². The minimum absolute atomic E-state index is 0.266. The van der Waals surface area contributed by atoms with E-state index in [0.29, 0.717) is 16.8 Å². The first-order valence-electron chi connectivity index (χ1n) is 6.77. The van der Waals surface area contributed by atoms with Crippen LogP contribution in [0.25, 0.3) is 10.9 Å². The van der Waals surface area contributed by atoms with Gasteiger partial charge in [0, 0.05) is 11.6 Å². The SMILES string of the molecule is C#CC[C@@H](OC(=O)c1cccc2cn[nH]c12)c1ccccn1. The summed E-state index contributed by atoms with van der Waals surface area (Å²) in [4.78, 5) is 16.7. The second kappa shape index (κ2) is 6.10. The molecule has 0 aliphatic heterocycles. The number of fused-ring (bicyclic) bond motifs is 1. The molecule has 0 spiro atoms. The molecule has 0 saturated carbocycles. The highest BCUT2D eigenvalue weighted by atomic mass is 16.5. The number of hydrogen-bond acceptors (Lipinski definition) is 4. The van der Waals surface area contributed by atoms with Gasteiger partial charge in [0.05, 0.1) is 29.4 Å². The maximum Gasteiger partial charge on any atom is 0.341 e. The average molecular weight is 291 g/mol. The lowest BCUT2D eigenvalue weighted by atomic mass is 10.1. The molecule has 1 atom stereocenters. The number of aromatic amines is 1. The Labute approximate surface area is 127 Å². The third-order valence-corrected chi connectivity index (χ3v) is 3.27. The molecule has 5 nitrogen and oxygen atoms in total. The van der Waals surface area contributed by atoms with Gasteiger partial charge in [0.1, 0.15) is 0 Å². The fourth-order valence-corrected chi connectivity index (χ4v) is 2.21. The zero-order valence-electron chi connectivity index (χ0n) is 11.7. The summed E-state index contributed by atoms with van der Waals surface area (Å²) < 4.78 is 5.55. The number of benzene rings is 1. The molecular weight excluding hydrogens is 278 g/mol. The first-order valence-corrected chi connectivity index (χ1v) is 6.77. The Morgan fingerprint density at radius 1 is 1.32 bits per heavy atom. The molecule has 0 unspecified atom stereocenters. The lowest BCUT2D eigenvalue weighted by Crippen LogP contribution is -2.13. The summed E-state index contributed by atoms with van der Waals surface area (Å²) >= 11 is 0. The highest BCUT2D eigenvalue weighted by Crippen LogP contribution is 2.23. The number of nitrogens with zero attached hydrogens (tertiary/aromatic N) is 2. The van der Waals surface area contributed by atoms with Crippen molar-refractivity contribution in [3.63, 3.8) is 0 Å². The van der Waals surface area contributed by atoms with E-state index in [4.69, 9.17) is 11.2 Å². The van der Waals surface area contributed by atoms with Gasteiger partial charge in [0.15, 0.2) is 6.10 Å². The number of H-pyrrole nitrogens is 1. The number of hydrogen-bond donors (Lipinski definition) is 1. The van der Waals surface area contributed by atoms with Gasteiger partial charge in [-0.1, -0.05) is 18.2 Å². The van der Waals surface area contributed by atoms with E-state index in [2.05, 4.69) is 21.1 Å². The van der Waals surface area contributed by atoms with Crippen LogP contribution >= 0.6 is 0 Å². The smallest absolute Gasteiger partial charge is 0.341 e. The molecule has 0 saturated heterocycles. The monoisotopic (exact) mass is 291 g/mol. The van der Waals surface area contributed by atoms with Gasteiger partial charge in [-0.05, 0) is 18.2 Å². The molecule has 2 heterocycles. The fourth-order valence-electron chi connectivity index (χ4n) is 2.21. The summed E-state index contributed by atoms with van der Waals surface area (Å²) in [5, 5.41) is 7.60. The van der Waals surface area contributed by atoms with Crippen LogP contribution in [0.5, 0.6) is 0 Å². The number of para-hydroxylation sites is 1. The maximum atomic E-state index is 12.4. The average Bonchev–Trinajstić information content (AvgIpc) is 3.03. The second-order valence-corrected chi connectivity index (χ2v) is 4.70. The molecular formula is C17H13N3O2. The molecule has 1 N–H and O–H groups in total. The number of terminal acetylenes is 1. The van der Waals surface area contributed by atoms with Gasteiger partial charge in [-0.25, -0.2) is 4.79 Å². The maximum absolute atomic E-state index is 12.4. The van der Waals surface area contributed by atoms with Crippen LogP contribution in [0.1, 0.15) is 28.6 Å². The lowest BCUT2D eigenvalue weighted by molar-refractivity contribution is 0.0301. The van der Waals surface area contributed by atoms with E-state index in [1.165, 1.54) is 0 Å². The standard InChI is InChI=1S/C17H13N3O2/c1-2-6-15(14-9-3-4-10-18-14)22-17(21)13-8-5-7-12-11-19-20-16(12)13/h1,3-5,7-11,15H,6H2,(H,19,20)/t15-/m1/s1. The van der Waals surface area contributed by atoms with E-state index in [9.17, 15) is 4.79 Å². The van der Waals surface area contributed by atoms with Crippen molar-refractivity contribution in [2.75, 3.05) is 0 Å². The van der Waals surface area contributed by atoms with Crippen LogP contribution in [0.4, 0.5) is 0 Å². The van der Waals surface area contributed by atoms with Gasteiger partial charge in [-0.3, -0.25) is 10.1 Å². The van der Waals surface area contributed by atoms with Crippen LogP contribution in [-0.4, -0.2) is 21.2 Å². The zero-order chi connectivity index (χ0) is 15.4. The quantitative estimate of drug-likeness (QED) is 0.593. The summed E-state index contributed by atoms with van der Waals surface area (Å²) in [6.07, 6.45) is 8.36. The third-order valence-electron chi connectivity index (χ3n) is 3.27. The number of aromatic nitrogens is 3. The van der Waals surface area contributed by atoms with Gasteiger partial charge in [0.25, 0.3) is 0 Å². The van der Waals surface area contributed by atoms with Crippen LogP contribution < -0.4 is 0 Å². The number of carbonyl (C=O) groups excluding carboxylic acids is 1. The van der Waals surface area contributed by atoms with Crippen LogP contribution in [0.2, 0.25) is 0 Å². The van der Waals surface area contributed by atoms with Crippen molar-refractivity contribution in [3.05, 3.63) is 60.0 Å². The fraction of sp³-hybridized carbons (Fsp3) is 0.118. The summed E-state index contributed by atoms with van der Waals surface area (Å²) in [5.74, 6) is 2.06. The van der Waals surface area contributed by atoms with Gasteiger partial charge in [-0.15, -0.1) is 12.3 Å². The number of nitrogens with one attached hydrogen (secondary N) is 1. The molecule has 0 aliphatic rings.